The van der Waals surface area contributed by atoms with Gasteiger partial charge in [-0.05, 0) is 41.0 Å². The Balaban J connectivity index is 1.65. The molecule has 0 N–H and O–H groups in total. The van der Waals surface area contributed by atoms with Crippen LogP contribution in [0, 0.1) is 10.1 Å². The van der Waals surface area contributed by atoms with Crippen molar-refractivity contribution < 1.29 is 14.5 Å². The molecular formula is C21H18N2O4. The molecule has 6 heteroatoms. The second-order valence-electron chi connectivity index (χ2n) is 5.97. The Bertz CT molecular complexity index is 933. The van der Waals surface area contributed by atoms with E-state index in [0.717, 1.165) is 16.7 Å². The number of methoxy groups -OCH3 is 1. The third-order valence-electron chi connectivity index (χ3n) is 4.06. The summed E-state index contributed by atoms with van der Waals surface area (Å²) in [5.74, 6) is 0.177. The number of carbonyl (C=O) groups is 1. The molecular weight excluding hydrogens is 344 g/mol. The Kier molecular flexibility index (Phi) is 5.47. The van der Waals surface area contributed by atoms with E-state index in [1.165, 1.54) is 19.3 Å². The summed E-state index contributed by atoms with van der Waals surface area (Å²) in [5.41, 5.74) is 2.82. The zero-order valence-electron chi connectivity index (χ0n) is 14.7. The first kappa shape index (κ1) is 18.1. The van der Waals surface area contributed by atoms with E-state index in [9.17, 15) is 14.9 Å². The minimum absolute atomic E-state index is 0.0900. The average molecular weight is 362 g/mol. The Morgan fingerprint density at radius 1 is 1.11 bits per heavy atom. The molecule has 0 unspecified atom stereocenters. The van der Waals surface area contributed by atoms with Gasteiger partial charge in [0.25, 0.3) is 5.69 Å². The third-order valence-corrected chi connectivity index (χ3v) is 4.06. The lowest BCUT2D eigenvalue weighted by Crippen LogP contribution is -2.11. The first-order valence-corrected chi connectivity index (χ1v) is 8.31. The molecule has 136 valence electrons. The highest BCUT2D eigenvalue weighted by molar-refractivity contribution is 6.04. The van der Waals surface area contributed by atoms with Crippen molar-refractivity contribution in [1.29, 1.82) is 0 Å². The fourth-order valence-electron chi connectivity index (χ4n) is 2.64. The first-order valence-electron chi connectivity index (χ1n) is 8.31. The molecule has 6 nitrogen and oxygen atoms in total. The number of rotatable bonds is 5. The van der Waals surface area contributed by atoms with Crippen molar-refractivity contribution in [3.63, 3.8) is 0 Å². The molecule has 0 fully saturated rings. The summed E-state index contributed by atoms with van der Waals surface area (Å²) in [6, 6.07) is 6.61. The van der Waals surface area contributed by atoms with E-state index in [0.29, 0.717) is 12.3 Å². The number of ketones is 1. The van der Waals surface area contributed by atoms with E-state index in [1.54, 1.807) is 24.3 Å². The summed E-state index contributed by atoms with van der Waals surface area (Å²) < 4.78 is 5.04. The molecule has 0 saturated heterocycles. The maximum absolute atomic E-state index is 11.5. The molecule has 0 aromatic heterocycles. The Morgan fingerprint density at radius 2 is 1.85 bits per heavy atom. The fourth-order valence-corrected chi connectivity index (χ4v) is 2.64. The van der Waals surface area contributed by atoms with Crippen molar-refractivity contribution in [2.75, 3.05) is 7.11 Å². The van der Waals surface area contributed by atoms with Crippen LogP contribution in [0.4, 0.5) is 5.69 Å². The van der Waals surface area contributed by atoms with E-state index in [1.807, 2.05) is 47.7 Å². The minimum Gasteiger partial charge on any atom is -0.493 e. The highest BCUT2D eigenvalue weighted by Crippen LogP contribution is 2.18. The molecule has 0 saturated carbocycles. The predicted octanol–water partition coefficient (Wildman–Crippen LogP) is 3.96. The zero-order valence-corrected chi connectivity index (χ0v) is 14.7. The molecule has 1 aromatic carbocycles. The lowest BCUT2D eigenvalue weighted by atomic mass is 10.1. The number of ether oxygens (including phenoxy) is 1. The quantitative estimate of drug-likeness (QED) is 0.586. The van der Waals surface area contributed by atoms with E-state index in [4.69, 9.17) is 4.74 Å². The Labute approximate surface area is 156 Å². The summed E-state index contributed by atoms with van der Waals surface area (Å²) >= 11 is 0. The SMILES string of the molecule is COC1=CC(=CC=C2C=CN(Cc3cccc([N+](=O)[O-])c3)C=C2)C=CC1=O. The maximum atomic E-state index is 11.5. The number of hydrogen-bond acceptors (Lipinski definition) is 5. The van der Waals surface area contributed by atoms with Gasteiger partial charge in [0.15, 0.2) is 5.76 Å². The van der Waals surface area contributed by atoms with E-state index in [2.05, 4.69) is 0 Å². The van der Waals surface area contributed by atoms with Gasteiger partial charge in [-0.2, -0.15) is 0 Å². The van der Waals surface area contributed by atoms with Gasteiger partial charge >= 0.3 is 0 Å². The fraction of sp³-hybridized carbons (Fsp3) is 0.0952. The normalized spacial score (nSPS) is 17.3. The number of non-ortho nitro benzene ring substituents is 1. The van der Waals surface area contributed by atoms with Crippen molar-refractivity contribution in [2.45, 2.75) is 6.54 Å². The number of nitrogens with zero attached hydrogens (tertiary/aromatic N) is 2. The third kappa shape index (κ3) is 4.70. The van der Waals surface area contributed by atoms with Gasteiger partial charge in [-0.25, -0.2) is 0 Å². The van der Waals surface area contributed by atoms with Gasteiger partial charge in [0.1, 0.15) is 0 Å². The van der Waals surface area contributed by atoms with Gasteiger partial charge in [-0.3, -0.25) is 14.9 Å². The van der Waals surface area contributed by atoms with Crippen molar-refractivity contribution >= 4 is 11.5 Å². The lowest BCUT2D eigenvalue weighted by Gasteiger charge is -2.18. The number of carbonyl (C=O) groups excluding carboxylic acids is 1. The van der Waals surface area contributed by atoms with Crippen molar-refractivity contribution in [2.24, 2.45) is 0 Å². The highest BCUT2D eigenvalue weighted by atomic mass is 16.6. The summed E-state index contributed by atoms with van der Waals surface area (Å²) in [6.45, 7) is 0.549. The average Bonchev–Trinajstić information content (AvgIpc) is 2.68. The van der Waals surface area contributed by atoms with Crippen LogP contribution >= 0.6 is 0 Å². The van der Waals surface area contributed by atoms with Crippen LogP contribution in [0.1, 0.15) is 5.56 Å². The van der Waals surface area contributed by atoms with Crippen LogP contribution in [0.15, 0.2) is 96.1 Å². The van der Waals surface area contributed by atoms with E-state index >= 15 is 0 Å². The summed E-state index contributed by atoms with van der Waals surface area (Å²) in [6.07, 6.45) is 16.5. The Hall–Kier alpha value is -3.67. The molecule has 1 aromatic rings. The molecule has 1 aliphatic carbocycles. The van der Waals surface area contributed by atoms with Crippen LogP contribution in [0.25, 0.3) is 0 Å². The van der Waals surface area contributed by atoms with Crippen LogP contribution in [-0.2, 0) is 16.1 Å². The second kappa shape index (κ2) is 8.14. The van der Waals surface area contributed by atoms with Crippen molar-refractivity contribution in [3.05, 3.63) is 112 Å². The number of hydrogen-bond donors (Lipinski definition) is 0. The van der Waals surface area contributed by atoms with Gasteiger partial charge in [-0.1, -0.05) is 30.4 Å². The standard InChI is InChI=1S/C21H18N2O4/c1-27-21-14-17(7-8-20(21)24)6-5-16-9-11-22(12-10-16)15-18-3-2-4-19(13-18)23(25)26/h2-14H,15H2,1H3. The largest absolute Gasteiger partial charge is 0.493 e. The molecule has 2 aliphatic rings. The summed E-state index contributed by atoms with van der Waals surface area (Å²) in [7, 11) is 1.47. The molecule has 0 bridgehead atoms. The van der Waals surface area contributed by atoms with Crippen LogP contribution in [-0.4, -0.2) is 22.7 Å². The van der Waals surface area contributed by atoms with Crippen molar-refractivity contribution in [3.8, 4) is 0 Å². The van der Waals surface area contributed by atoms with Crippen molar-refractivity contribution in [1.82, 2.24) is 4.90 Å². The number of benzene rings is 1. The highest BCUT2D eigenvalue weighted by Gasteiger charge is 2.11. The van der Waals surface area contributed by atoms with Gasteiger partial charge in [0, 0.05) is 31.1 Å². The molecule has 0 radical (unpaired) electrons. The second-order valence-corrected chi connectivity index (χ2v) is 5.97. The molecule has 0 amide bonds. The first-order chi connectivity index (χ1) is 13.0. The molecule has 3 rings (SSSR count). The smallest absolute Gasteiger partial charge is 0.269 e. The maximum Gasteiger partial charge on any atom is 0.269 e. The minimum atomic E-state index is -0.392. The Morgan fingerprint density at radius 3 is 2.56 bits per heavy atom. The van der Waals surface area contributed by atoms with Gasteiger partial charge in [0.05, 0.1) is 12.0 Å². The van der Waals surface area contributed by atoms with Gasteiger partial charge in [-0.15, -0.1) is 0 Å². The van der Waals surface area contributed by atoms with Crippen LogP contribution in [0.3, 0.4) is 0 Å². The molecule has 1 heterocycles. The van der Waals surface area contributed by atoms with Crippen LogP contribution in [0.2, 0.25) is 0 Å². The summed E-state index contributed by atoms with van der Waals surface area (Å²) in [5, 5.41) is 10.9. The lowest BCUT2D eigenvalue weighted by molar-refractivity contribution is -0.384. The topological polar surface area (TPSA) is 72.7 Å². The predicted molar refractivity (Wildman–Crippen MR) is 102 cm³/mol. The van der Waals surface area contributed by atoms with E-state index < -0.39 is 4.92 Å². The molecule has 1 aliphatic heterocycles. The van der Waals surface area contributed by atoms with Crippen LogP contribution < -0.4 is 0 Å². The number of nitro benzene ring substituents is 1. The van der Waals surface area contributed by atoms with E-state index in [-0.39, 0.29) is 11.5 Å². The monoisotopic (exact) mass is 362 g/mol. The molecule has 27 heavy (non-hydrogen) atoms. The molecule has 0 spiro atoms. The van der Waals surface area contributed by atoms with Gasteiger partial charge in [0.2, 0.25) is 5.78 Å². The number of nitro groups is 1. The van der Waals surface area contributed by atoms with Crippen LogP contribution in [0.5, 0.6) is 0 Å². The number of allylic oxidation sites excluding steroid dienone is 9. The summed E-state index contributed by atoms with van der Waals surface area (Å²) in [4.78, 5) is 24.0. The zero-order chi connectivity index (χ0) is 19.2. The van der Waals surface area contributed by atoms with Gasteiger partial charge < -0.3 is 9.64 Å². The molecule has 0 atom stereocenters.